The largest absolute Gasteiger partial charge is 0.460 e. The van der Waals surface area contributed by atoms with Gasteiger partial charge in [0.15, 0.2) is 0 Å². The Bertz CT molecular complexity index is 1020. The molecular weight excluding hydrogens is 354 g/mol. The molecule has 0 aliphatic rings. The molecule has 27 heavy (non-hydrogen) atoms. The quantitative estimate of drug-likeness (QED) is 0.368. The molecule has 0 radical (unpaired) electrons. The topological polar surface area (TPSA) is 109 Å². The van der Waals surface area contributed by atoms with E-state index in [1.54, 1.807) is 31.2 Å². The number of ether oxygens (including phenoxy) is 2. The number of carbonyl (C=O) groups is 2. The predicted octanol–water partition coefficient (Wildman–Crippen LogP) is 3.87. The molecule has 0 saturated carbocycles. The van der Waals surface area contributed by atoms with Crippen molar-refractivity contribution in [2.75, 3.05) is 6.61 Å². The van der Waals surface area contributed by atoms with Crippen molar-refractivity contribution in [3.05, 3.63) is 75.5 Å². The van der Waals surface area contributed by atoms with E-state index in [9.17, 15) is 19.7 Å². The molecule has 0 bridgehead atoms. The molecule has 0 saturated heterocycles. The van der Waals surface area contributed by atoms with Crippen LogP contribution in [0.1, 0.15) is 33.4 Å². The summed E-state index contributed by atoms with van der Waals surface area (Å²) in [5.41, 5.74) is 0.256. The molecule has 0 atom stereocenters. The first-order valence-corrected chi connectivity index (χ1v) is 8.11. The number of nitro benzene ring substituents is 1. The zero-order valence-corrected chi connectivity index (χ0v) is 14.3. The number of nitro groups is 1. The maximum absolute atomic E-state index is 12.3. The lowest BCUT2D eigenvalue weighted by molar-refractivity contribution is -0.385. The SMILES string of the molecule is CCOC(=O)c1oc2ccccc2c1COC(=O)c1ccccc1[N+](=O)[O-]. The Hall–Kier alpha value is -3.68. The van der Waals surface area contributed by atoms with Crippen LogP contribution < -0.4 is 0 Å². The van der Waals surface area contributed by atoms with Gasteiger partial charge in [-0.1, -0.05) is 30.3 Å². The first-order chi connectivity index (χ1) is 13.0. The van der Waals surface area contributed by atoms with E-state index >= 15 is 0 Å². The van der Waals surface area contributed by atoms with Crippen molar-refractivity contribution in [2.24, 2.45) is 0 Å². The highest BCUT2D eigenvalue weighted by atomic mass is 16.6. The van der Waals surface area contributed by atoms with Crippen molar-refractivity contribution < 1.29 is 28.4 Å². The van der Waals surface area contributed by atoms with E-state index in [4.69, 9.17) is 13.9 Å². The van der Waals surface area contributed by atoms with Gasteiger partial charge >= 0.3 is 11.9 Å². The lowest BCUT2D eigenvalue weighted by Crippen LogP contribution is -2.11. The summed E-state index contributed by atoms with van der Waals surface area (Å²) in [6.07, 6.45) is 0. The van der Waals surface area contributed by atoms with Crippen molar-refractivity contribution in [3.8, 4) is 0 Å². The molecule has 3 aromatic rings. The highest BCUT2D eigenvalue weighted by Crippen LogP contribution is 2.28. The van der Waals surface area contributed by atoms with Crippen LogP contribution in [0.2, 0.25) is 0 Å². The monoisotopic (exact) mass is 369 g/mol. The Kier molecular flexibility index (Phi) is 5.16. The van der Waals surface area contributed by atoms with E-state index in [-0.39, 0.29) is 30.2 Å². The second kappa shape index (κ2) is 7.69. The van der Waals surface area contributed by atoms with Gasteiger partial charge in [0, 0.05) is 11.5 Å². The summed E-state index contributed by atoms with van der Waals surface area (Å²) < 4.78 is 15.7. The van der Waals surface area contributed by atoms with E-state index in [1.165, 1.54) is 24.3 Å². The molecule has 1 aromatic heterocycles. The molecule has 138 valence electrons. The van der Waals surface area contributed by atoms with Gasteiger partial charge in [0.2, 0.25) is 5.76 Å². The fourth-order valence-electron chi connectivity index (χ4n) is 2.62. The highest BCUT2D eigenvalue weighted by molar-refractivity contribution is 5.97. The fourth-order valence-corrected chi connectivity index (χ4v) is 2.62. The second-order valence-electron chi connectivity index (χ2n) is 5.48. The van der Waals surface area contributed by atoms with Crippen molar-refractivity contribution in [1.29, 1.82) is 0 Å². The van der Waals surface area contributed by atoms with Crippen LogP contribution in [0.5, 0.6) is 0 Å². The second-order valence-corrected chi connectivity index (χ2v) is 5.48. The van der Waals surface area contributed by atoms with E-state index in [0.29, 0.717) is 16.5 Å². The molecule has 8 nitrogen and oxygen atoms in total. The lowest BCUT2D eigenvalue weighted by atomic mass is 10.1. The minimum atomic E-state index is -0.873. The number of hydrogen-bond acceptors (Lipinski definition) is 7. The van der Waals surface area contributed by atoms with Crippen LogP contribution in [-0.4, -0.2) is 23.5 Å². The van der Waals surface area contributed by atoms with Gasteiger partial charge in [-0.3, -0.25) is 10.1 Å². The normalized spacial score (nSPS) is 10.6. The van der Waals surface area contributed by atoms with Gasteiger partial charge in [-0.25, -0.2) is 9.59 Å². The number of benzene rings is 2. The van der Waals surface area contributed by atoms with E-state index < -0.39 is 16.9 Å². The first kappa shape index (κ1) is 18.1. The molecule has 3 rings (SSSR count). The Labute approximate surface area is 153 Å². The molecule has 0 amide bonds. The highest BCUT2D eigenvalue weighted by Gasteiger charge is 2.25. The number of nitrogens with zero attached hydrogens (tertiary/aromatic N) is 1. The molecule has 1 heterocycles. The summed E-state index contributed by atoms with van der Waals surface area (Å²) in [7, 11) is 0. The summed E-state index contributed by atoms with van der Waals surface area (Å²) in [5, 5.41) is 11.7. The summed E-state index contributed by atoms with van der Waals surface area (Å²) in [6.45, 7) is 1.52. The van der Waals surface area contributed by atoms with Gasteiger partial charge in [-0.2, -0.15) is 0 Å². The van der Waals surface area contributed by atoms with Gasteiger partial charge in [-0.05, 0) is 19.1 Å². The van der Waals surface area contributed by atoms with Crippen LogP contribution in [0, 0.1) is 10.1 Å². The predicted molar refractivity (Wildman–Crippen MR) is 94.4 cm³/mol. The Morgan fingerprint density at radius 1 is 1.04 bits per heavy atom. The van der Waals surface area contributed by atoms with E-state index in [1.807, 2.05) is 0 Å². The van der Waals surface area contributed by atoms with Gasteiger partial charge in [0.05, 0.1) is 17.1 Å². The molecule has 0 N–H and O–H groups in total. The molecule has 0 aliphatic carbocycles. The Balaban J connectivity index is 1.91. The Morgan fingerprint density at radius 3 is 2.48 bits per heavy atom. The van der Waals surface area contributed by atoms with Gasteiger partial charge < -0.3 is 13.9 Å². The summed E-state index contributed by atoms with van der Waals surface area (Å²) in [4.78, 5) is 34.9. The average molecular weight is 369 g/mol. The maximum Gasteiger partial charge on any atom is 0.374 e. The molecule has 0 spiro atoms. The lowest BCUT2D eigenvalue weighted by Gasteiger charge is -2.06. The third-order valence-electron chi connectivity index (χ3n) is 3.83. The number of fused-ring (bicyclic) bond motifs is 1. The van der Waals surface area contributed by atoms with Gasteiger partial charge in [-0.15, -0.1) is 0 Å². The summed E-state index contributed by atoms with van der Waals surface area (Å²) in [5.74, 6) is -1.61. The maximum atomic E-state index is 12.3. The minimum absolute atomic E-state index is 0.0617. The van der Waals surface area contributed by atoms with Crippen LogP contribution in [0.15, 0.2) is 52.9 Å². The third-order valence-corrected chi connectivity index (χ3v) is 3.83. The van der Waals surface area contributed by atoms with Crippen LogP contribution in [0.3, 0.4) is 0 Å². The zero-order valence-electron chi connectivity index (χ0n) is 14.3. The standard InChI is InChI=1S/C19H15NO7/c1-2-25-19(22)17-14(12-7-4-6-10-16(12)27-17)11-26-18(21)13-8-3-5-9-15(13)20(23)24/h3-10H,2,11H2,1H3. The number of para-hydroxylation sites is 2. The molecule has 2 aromatic carbocycles. The average Bonchev–Trinajstić information content (AvgIpc) is 3.05. The van der Waals surface area contributed by atoms with E-state index in [0.717, 1.165) is 0 Å². The van der Waals surface area contributed by atoms with Crippen molar-refractivity contribution in [3.63, 3.8) is 0 Å². The zero-order chi connectivity index (χ0) is 19.4. The van der Waals surface area contributed by atoms with Crippen LogP contribution in [0.25, 0.3) is 11.0 Å². The number of carbonyl (C=O) groups excluding carboxylic acids is 2. The van der Waals surface area contributed by atoms with Crippen LogP contribution >= 0.6 is 0 Å². The molecular formula is C19H15NO7. The van der Waals surface area contributed by atoms with Gasteiger partial charge in [0.1, 0.15) is 17.8 Å². The summed E-state index contributed by atoms with van der Waals surface area (Å²) >= 11 is 0. The number of hydrogen-bond donors (Lipinski definition) is 0. The van der Waals surface area contributed by atoms with Crippen LogP contribution in [-0.2, 0) is 16.1 Å². The molecule has 8 heteroatoms. The molecule has 0 fully saturated rings. The Morgan fingerprint density at radius 2 is 1.74 bits per heavy atom. The van der Waals surface area contributed by atoms with Crippen molar-refractivity contribution >= 4 is 28.6 Å². The molecule has 0 unspecified atom stereocenters. The van der Waals surface area contributed by atoms with Gasteiger partial charge in [0.25, 0.3) is 5.69 Å². The smallest absolute Gasteiger partial charge is 0.374 e. The third kappa shape index (κ3) is 3.64. The number of rotatable bonds is 6. The van der Waals surface area contributed by atoms with Crippen molar-refractivity contribution in [2.45, 2.75) is 13.5 Å². The van der Waals surface area contributed by atoms with E-state index in [2.05, 4.69) is 0 Å². The number of furan rings is 1. The fraction of sp³-hybridized carbons (Fsp3) is 0.158. The van der Waals surface area contributed by atoms with Crippen LogP contribution in [0.4, 0.5) is 5.69 Å². The summed E-state index contributed by atoms with van der Waals surface area (Å²) in [6, 6.07) is 12.4. The van der Waals surface area contributed by atoms with Crippen molar-refractivity contribution in [1.82, 2.24) is 0 Å². The number of esters is 2. The minimum Gasteiger partial charge on any atom is -0.460 e. The molecule has 0 aliphatic heterocycles. The first-order valence-electron chi connectivity index (χ1n) is 8.11.